The van der Waals surface area contributed by atoms with Crippen LogP contribution in [0.4, 0.5) is 11.5 Å². The van der Waals surface area contributed by atoms with Gasteiger partial charge in [-0.25, -0.2) is 4.98 Å². The Morgan fingerprint density at radius 3 is 2.77 bits per heavy atom. The summed E-state index contributed by atoms with van der Waals surface area (Å²) in [5.74, 6) is 1.15. The Labute approximate surface area is 178 Å². The average molecular weight is 419 g/mol. The maximum atomic E-state index is 12.6. The number of hydrogen-bond acceptors (Lipinski definition) is 6. The number of nitrogens with one attached hydrogen (secondary N) is 2. The van der Waals surface area contributed by atoms with Gasteiger partial charge in [-0.2, -0.15) is 0 Å². The molecule has 0 spiro atoms. The number of hydrogen-bond donors (Lipinski definition) is 2. The molecule has 0 unspecified atom stereocenters. The lowest BCUT2D eigenvalue weighted by Crippen LogP contribution is -2.09. The van der Waals surface area contributed by atoms with E-state index in [0.717, 1.165) is 21.5 Å². The van der Waals surface area contributed by atoms with Gasteiger partial charge in [0.2, 0.25) is 0 Å². The fraction of sp³-hybridized carbons (Fsp3) is 0.174. The molecular formula is C23H22N4O2S. The first kappa shape index (κ1) is 20.0. The Bertz CT molecular complexity index is 1250. The molecule has 152 valence electrons. The molecule has 0 radical (unpaired) electrons. The molecule has 30 heavy (non-hydrogen) atoms. The van der Waals surface area contributed by atoms with Crippen molar-refractivity contribution in [3.8, 4) is 17.0 Å². The normalized spacial score (nSPS) is 11.1. The fourth-order valence-corrected chi connectivity index (χ4v) is 4.09. The molecule has 0 bridgehead atoms. The van der Waals surface area contributed by atoms with E-state index in [1.165, 1.54) is 0 Å². The maximum absolute atomic E-state index is 12.6. The smallest absolute Gasteiger partial charge is 0.259 e. The molecule has 0 fully saturated rings. The number of methoxy groups -OCH3 is 1. The second-order valence-electron chi connectivity index (χ2n) is 7.03. The van der Waals surface area contributed by atoms with Crippen molar-refractivity contribution in [1.29, 1.82) is 0 Å². The topological polar surface area (TPSA) is 79.9 Å². The number of rotatable bonds is 6. The number of H-pyrrole nitrogens is 1. The highest BCUT2D eigenvalue weighted by molar-refractivity contribution is 8.00. The number of aromatic nitrogens is 3. The summed E-state index contributed by atoms with van der Waals surface area (Å²) in [5.41, 5.74) is 2.24. The van der Waals surface area contributed by atoms with Gasteiger partial charge in [0.1, 0.15) is 11.6 Å². The molecule has 0 aliphatic carbocycles. The van der Waals surface area contributed by atoms with Crippen molar-refractivity contribution < 1.29 is 4.74 Å². The SMILES string of the molecule is COc1cncc(-c2cc3cc[nH]c(=O)c3c(Nc3ccccc3SC(C)C)n2)c1. The largest absolute Gasteiger partial charge is 0.495 e. The minimum atomic E-state index is -0.188. The van der Waals surface area contributed by atoms with Gasteiger partial charge >= 0.3 is 0 Å². The molecule has 0 saturated carbocycles. The van der Waals surface area contributed by atoms with Gasteiger partial charge in [-0.1, -0.05) is 26.0 Å². The predicted molar refractivity (Wildman–Crippen MR) is 123 cm³/mol. The van der Waals surface area contributed by atoms with Gasteiger partial charge in [0.15, 0.2) is 0 Å². The van der Waals surface area contributed by atoms with Crippen LogP contribution < -0.4 is 15.6 Å². The molecule has 0 aliphatic rings. The number of aromatic amines is 1. The summed E-state index contributed by atoms with van der Waals surface area (Å²) in [6, 6.07) is 13.7. The lowest BCUT2D eigenvalue weighted by molar-refractivity contribution is 0.413. The van der Waals surface area contributed by atoms with Crippen molar-refractivity contribution >= 4 is 34.0 Å². The third-order valence-corrected chi connectivity index (χ3v) is 5.58. The van der Waals surface area contributed by atoms with E-state index >= 15 is 0 Å². The Morgan fingerprint density at radius 2 is 1.97 bits per heavy atom. The van der Waals surface area contributed by atoms with E-state index in [2.05, 4.69) is 35.2 Å². The molecule has 7 heteroatoms. The lowest BCUT2D eigenvalue weighted by atomic mass is 10.1. The number of thioether (sulfide) groups is 1. The van der Waals surface area contributed by atoms with Crippen molar-refractivity contribution in [2.24, 2.45) is 0 Å². The molecule has 0 amide bonds. The number of ether oxygens (including phenoxy) is 1. The van der Waals surface area contributed by atoms with E-state index in [1.54, 1.807) is 37.5 Å². The van der Waals surface area contributed by atoms with E-state index in [4.69, 9.17) is 9.72 Å². The Balaban J connectivity index is 1.87. The van der Waals surface area contributed by atoms with Crippen LogP contribution in [0.2, 0.25) is 0 Å². The molecule has 0 atom stereocenters. The van der Waals surface area contributed by atoms with Crippen molar-refractivity contribution in [3.05, 3.63) is 71.4 Å². The lowest BCUT2D eigenvalue weighted by Gasteiger charge is -2.15. The second kappa shape index (κ2) is 8.59. The van der Waals surface area contributed by atoms with Gasteiger partial charge in [-0.05, 0) is 35.7 Å². The van der Waals surface area contributed by atoms with Crippen LogP contribution in [-0.2, 0) is 0 Å². The van der Waals surface area contributed by atoms with Crippen LogP contribution >= 0.6 is 11.8 Å². The van der Waals surface area contributed by atoms with Crippen LogP contribution in [0.1, 0.15) is 13.8 Å². The van der Waals surface area contributed by atoms with Crippen molar-refractivity contribution in [2.45, 2.75) is 24.0 Å². The predicted octanol–water partition coefficient (Wildman–Crippen LogP) is 5.24. The Kier molecular flexibility index (Phi) is 5.72. The van der Waals surface area contributed by atoms with E-state index in [1.807, 2.05) is 36.4 Å². The van der Waals surface area contributed by atoms with Gasteiger partial charge in [-0.3, -0.25) is 9.78 Å². The second-order valence-corrected chi connectivity index (χ2v) is 8.65. The number of fused-ring (bicyclic) bond motifs is 1. The van der Waals surface area contributed by atoms with Crippen molar-refractivity contribution in [3.63, 3.8) is 0 Å². The van der Waals surface area contributed by atoms with Crippen LogP contribution in [0.25, 0.3) is 22.0 Å². The molecule has 3 aromatic heterocycles. The van der Waals surface area contributed by atoms with Crippen LogP contribution in [0, 0.1) is 0 Å². The van der Waals surface area contributed by atoms with Crippen LogP contribution in [0.5, 0.6) is 5.75 Å². The van der Waals surface area contributed by atoms with Crippen LogP contribution in [0.15, 0.2) is 70.7 Å². The number of nitrogens with zero attached hydrogens (tertiary/aromatic N) is 2. The van der Waals surface area contributed by atoms with E-state index in [-0.39, 0.29) is 5.56 Å². The minimum Gasteiger partial charge on any atom is -0.495 e. The van der Waals surface area contributed by atoms with E-state index < -0.39 is 0 Å². The Hall–Kier alpha value is -3.32. The summed E-state index contributed by atoms with van der Waals surface area (Å²) < 4.78 is 5.30. The summed E-state index contributed by atoms with van der Waals surface area (Å²) in [5, 5.41) is 5.13. The highest BCUT2D eigenvalue weighted by atomic mass is 32.2. The molecule has 0 aliphatic heterocycles. The first-order chi connectivity index (χ1) is 14.5. The van der Waals surface area contributed by atoms with Gasteiger partial charge in [-0.15, -0.1) is 11.8 Å². The molecule has 6 nitrogen and oxygen atoms in total. The summed E-state index contributed by atoms with van der Waals surface area (Å²) in [6.07, 6.45) is 5.02. The molecule has 1 aromatic carbocycles. The third-order valence-electron chi connectivity index (χ3n) is 4.50. The van der Waals surface area contributed by atoms with Gasteiger partial charge in [0, 0.05) is 28.1 Å². The number of pyridine rings is 3. The monoisotopic (exact) mass is 418 g/mol. The first-order valence-electron chi connectivity index (χ1n) is 9.59. The zero-order chi connectivity index (χ0) is 21.1. The van der Waals surface area contributed by atoms with Crippen LogP contribution in [-0.4, -0.2) is 27.3 Å². The molecule has 3 heterocycles. The summed E-state index contributed by atoms with van der Waals surface area (Å²) in [4.78, 5) is 25.5. The molecule has 4 rings (SSSR count). The van der Waals surface area contributed by atoms with E-state index in [9.17, 15) is 4.79 Å². The Morgan fingerprint density at radius 1 is 1.13 bits per heavy atom. The first-order valence-corrected chi connectivity index (χ1v) is 10.5. The standard InChI is InChI=1S/C23H22N4O2S/c1-14(2)30-20-7-5-4-6-18(20)26-22-21-15(8-9-25-23(21)28)11-19(27-22)16-10-17(29-3)13-24-12-16/h4-14H,1-3H3,(H,25,28)(H,26,27). The summed E-state index contributed by atoms with van der Waals surface area (Å²) in [7, 11) is 1.60. The average Bonchev–Trinajstić information content (AvgIpc) is 2.74. The molecule has 4 aromatic rings. The van der Waals surface area contributed by atoms with Crippen molar-refractivity contribution in [2.75, 3.05) is 12.4 Å². The van der Waals surface area contributed by atoms with Gasteiger partial charge in [0.05, 0.1) is 30.1 Å². The maximum Gasteiger partial charge on any atom is 0.259 e. The number of anilines is 2. The minimum absolute atomic E-state index is 0.188. The van der Waals surface area contributed by atoms with Gasteiger partial charge < -0.3 is 15.0 Å². The third kappa shape index (κ3) is 4.16. The van der Waals surface area contributed by atoms with Crippen LogP contribution in [0.3, 0.4) is 0 Å². The summed E-state index contributed by atoms with van der Waals surface area (Å²) >= 11 is 1.76. The number of para-hydroxylation sites is 1. The molecule has 0 saturated heterocycles. The zero-order valence-corrected chi connectivity index (χ0v) is 17.8. The fourth-order valence-electron chi connectivity index (χ4n) is 3.18. The zero-order valence-electron chi connectivity index (χ0n) is 17.0. The van der Waals surface area contributed by atoms with E-state index in [0.29, 0.717) is 27.9 Å². The number of benzene rings is 1. The highest BCUT2D eigenvalue weighted by Gasteiger charge is 2.14. The molecular weight excluding hydrogens is 396 g/mol. The van der Waals surface area contributed by atoms with Crippen molar-refractivity contribution in [1.82, 2.24) is 15.0 Å². The van der Waals surface area contributed by atoms with Gasteiger partial charge in [0.25, 0.3) is 5.56 Å². The highest BCUT2D eigenvalue weighted by Crippen LogP contribution is 2.34. The summed E-state index contributed by atoms with van der Waals surface area (Å²) in [6.45, 7) is 4.30. The quantitative estimate of drug-likeness (QED) is 0.417. The molecule has 2 N–H and O–H groups in total.